The van der Waals surface area contributed by atoms with Gasteiger partial charge in [0.2, 0.25) is 0 Å². The van der Waals surface area contributed by atoms with Gasteiger partial charge in [0.15, 0.2) is 0 Å². The zero-order valence-electron chi connectivity index (χ0n) is 12.8. The van der Waals surface area contributed by atoms with Crippen LogP contribution in [0.2, 0.25) is 0 Å². The van der Waals surface area contributed by atoms with Crippen LogP contribution in [0.5, 0.6) is 5.75 Å². The molecule has 0 saturated heterocycles. The van der Waals surface area contributed by atoms with E-state index in [1.54, 1.807) is 12.1 Å². The molecule has 0 aliphatic carbocycles. The number of aliphatic hydroxyl groups excluding tert-OH is 1. The lowest BCUT2D eigenvalue weighted by atomic mass is 10.0. The SMILES string of the molecule is Cc1cccc2cc(CO)c(-c3ccccc3OC(F)(F)F)nc12. The predicted molar refractivity (Wildman–Crippen MR) is 84.5 cm³/mol. The lowest BCUT2D eigenvalue weighted by Gasteiger charge is -2.15. The van der Waals surface area contributed by atoms with Crippen LogP contribution in [0, 0.1) is 6.92 Å². The molecule has 0 bridgehead atoms. The van der Waals surface area contributed by atoms with Crippen molar-refractivity contribution < 1.29 is 23.0 Å². The lowest BCUT2D eigenvalue weighted by molar-refractivity contribution is -0.274. The Kier molecular flexibility index (Phi) is 4.15. The van der Waals surface area contributed by atoms with Crippen molar-refractivity contribution in [2.24, 2.45) is 0 Å². The normalized spacial score (nSPS) is 11.7. The topological polar surface area (TPSA) is 42.4 Å². The first-order valence-corrected chi connectivity index (χ1v) is 7.24. The number of hydrogen-bond donors (Lipinski definition) is 1. The number of fused-ring (bicyclic) bond motifs is 1. The summed E-state index contributed by atoms with van der Waals surface area (Å²) in [6, 6.07) is 13.1. The second kappa shape index (κ2) is 6.13. The van der Waals surface area contributed by atoms with Crippen molar-refractivity contribution in [1.82, 2.24) is 4.98 Å². The number of rotatable bonds is 3. The van der Waals surface area contributed by atoms with Gasteiger partial charge in [-0.25, -0.2) is 4.98 Å². The largest absolute Gasteiger partial charge is 0.573 e. The summed E-state index contributed by atoms with van der Waals surface area (Å²) in [6.07, 6.45) is -4.80. The smallest absolute Gasteiger partial charge is 0.405 e. The van der Waals surface area contributed by atoms with Gasteiger partial charge in [-0.05, 0) is 30.7 Å². The number of para-hydroxylation sites is 2. The summed E-state index contributed by atoms with van der Waals surface area (Å²) in [4.78, 5) is 4.50. The summed E-state index contributed by atoms with van der Waals surface area (Å²) in [5.74, 6) is -0.347. The number of aryl methyl sites for hydroxylation is 1. The lowest BCUT2D eigenvalue weighted by Crippen LogP contribution is -2.17. The number of benzene rings is 2. The Bertz CT molecular complexity index is 891. The number of aliphatic hydroxyl groups is 1. The van der Waals surface area contributed by atoms with E-state index in [4.69, 9.17) is 0 Å². The third-order valence-corrected chi connectivity index (χ3v) is 3.66. The first kappa shape index (κ1) is 16.3. The molecular weight excluding hydrogens is 319 g/mol. The molecule has 0 aliphatic heterocycles. The molecule has 0 saturated carbocycles. The third kappa shape index (κ3) is 3.19. The molecule has 0 fully saturated rings. The van der Waals surface area contributed by atoms with E-state index in [9.17, 15) is 18.3 Å². The van der Waals surface area contributed by atoms with Crippen LogP contribution in [0.4, 0.5) is 13.2 Å². The minimum Gasteiger partial charge on any atom is -0.405 e. The van der Waals surface area contributed by atoms with Crippen molar-refractivity contribution in [2.45, 2.75) is 19.9 Å². The van der Waals surface area contributed by atoms with Crippen molar-refractivity contribution in [3.63, 3.8) is 0 Å². The van der Waals surface area contributed by atoms with E-state index >= 15 is 0 Å². The maximum Gasteiger partial charge on any atom is 0.573 e. The number of aromatic nitrogens is 1. The fourth-order valence-corrected chi connectivity index (χ4v) is 2.62. The van der Waals surface area contributed by atoms with E-state index in [0.29, 0.717) is 11.1 Å². The summed E-state index contributed by atoms with van der Waals surface area (Å²) < 4.78 is 42.0. The Morgan fingerprint density at radius 1 is 1.08 bits per heavy atom. The number of alkyl halides is 3. The molecular formula is C18H14F3NO2. The number of ether oxygens (including phenoxy) is 1. The van der Waals surface area contributed by atoms with Crippen molar-refractivity contribution in [3.05, 3.63) is 59.7 Å². The molecule has 3 nitrogen and oxygen atoms in total. The van der Waals surface area contributed by atoms with Gasteiger partial charge in [0.25, 0.3) is 0 Å². The van der Waals surface area contributed by atoms with Gasteiger partial charge in [0, 0.05) is 16.5 Å². The average Bonchev–Trinajstić information content (AvgIpc) is 2.53. The molecule has 2 aromatic carbocycles. The van der Waals surface area contributed by atoms with Crippen LogP contribution < -0.4 is 4.74 Å². The van der Waals surface area contributed by atoms with Gasteiger partial charge >= 0.3 is 6.36 Å². The summed E-state index contributed by atoms with van der Waals surface area (Å²) in [7, 11) is 0. The fourth-order valence-electron chi connectivity index (χ4n) is 2.62. The number of hydrogen-bond acceptors (Lipinski definition) is 3. The molecule has 0 atom stereocenters. The van der Waals surface area contributed by atoms with Crippen LogP contribution in [0.15, 0.2) is 48.5 Å². The molecule has 0 radical (unpaired) electrons. The Labute approximate surface area is 136 Å². The zero-order chi connectivity index (χ0) is 17.3. The molecule has 0 amide bonds. The standard InChI is InChI=1S/C18H14F3NO2/c1-11-5-4-6-12-9-13(10-23)17(22-16(11)12)14-7-2-3-8-15(14)24-18(19,20)21/h2-9,23H,10H2,1H3. The first-order chi connectivity index (χ1) is 11.4. The predicted octanol–water partition coefficient (Wildman–Crippen LogP) is 4.60. The maximum absolute atomic E-state index is 12.6. The number of pyridine rings is 1. The highest BCUT2D eigenvalue weighted by atomic mass is 19.4. The van der Waals surface area contributed by atoms with Crippen LogP contribution >= 0.6 is 0 Å². The van der Waals surface area contributed by atoms with E-state index in [0.717, 1.165) is 10.9 Å². The second-order valence-electron chi connectivity index (χ2n) is 5.34. The summed E-state index contributed by atoms with van der Waals surface area (Å²) in [5.41, 5.74) is 2.47. The molecule has 124 valence electrons. The fraction of sp³-hybridized carbons (Fsp3) is 0.167. The minimum absolute atomic E-state index is 0.184. The first-order valence-electron chi connectivity index (χ1n) is 7.24. The molecule has 0 unspecified atom stereocenters. The highest BCUT2D eigenvalue weighted by Crippen LogP contribution is 2.36. The molecule has 24 heavy (non-hydrogen) atoms. The third-order valence-electron chi connectivity index (χ3n) is 3.66. The highest BCUT2D eigenvalue weighted by Gasteiger charge is 2.32. The van der Waals surface area contributed by atoms with E-state index in [-0.39, 0.29) is 23.6 Å². The van der Waals surface area contributed by atoms with Gasteiger partial charge < -0.3 is 9.84 Å². The maximum atomic E-state index is 12.6. The quantitative estimate of drug-likeness (QED) is 0.761. The van der Waals surface area contributed by atoms with Crippen LogP contribution in [0.1, 0.15) is 11.1 Å². The summed E-state index contributed by atoms with van der Waals surface area (Å²) >= 11 is 0. The average molecular weight is 333 g/mol. The van der Waals surface area contributed by atoms with Crippen molar-refractivity contribution >= 4 is 10.9 Å². The van der Waals surface area contributed by atoms with Crippen LogP contribution in [-0.4, -0.2) is 16.5 Å². The van der Waals surface area contributed by atoms with Gasteiger partial charge in [-0.15, -0.1) is 13.2 Å². The number of nitrogens with zero attached hydrogens (tertiary/aromatic N) is 1. The molecule has 3 aromatic rings. The van der Waals surface area contributed by atoms with Crippen LogP contribution in [-0.2, 0) is 6.61 Å². The van der Waals surface area contributed by atoms with E-state index in [2.05, 4.69) is 9.72 Å². The second-order valence-corrected chi connectivity index (χ2v) is 5.34. The molecule has 1 N–H and O–H groups in total. The molecule has 1 aromatic heterocycles. The summed E-state index contributed by atoms with van der Waals surface area (Å²) in [6.45, 7) is 1.53. The molecule has 1 heterocycles. The van der Waals surface area contributed by atoms with Crippen LogP contribution in [0.3, 0.4) is 0 Å². The van der Waals surface area contributed by atoms with E-state index < -0.39 is 6.36 Å². The minimum atomic E-state index is -4.80. The molecule has 0 aliphatic rings. The molecule has 3 rings (SSSR count). The monoisotopic (exact) mass is 333 g/mol. The zero-order valence-corrected chi connectivity index (χ0v) is 12.8. The number of halogens is 3. The Hall–Kier alpha value is -2.60. The van der Waals surface area contributed by atoms with Gasteiger partial charge in [0.05, 0.1) is 17.8 Å². The van der Waals surface area contributed by atoms with E-state index in [1.165, 1.54) is 18.2 Å². The van der Waals surface area contributed by atoms with Gasteiger partial charge in [-0.3, -0.25) is 0 Å². The molecule has 6 heteroatoms. The van der Waals surface area contributed by atoms with Gasteiger partial charge in [-0.1, -0.05) is 30.3 Å². The highest BCUT2D eigenvalue weighted by molar-refractivity contribution is 5.86. The van der Waals surface area contributed by atoms with Gasteiger partial charge in [0.1, 0.15) is 5.75 Å². The van der Waals surface area contributed by atoms with Crippen LogP contribution in [0.25, 0.3) is 22.2 Å². The Morgan fingerprint density at radius 3 is 2.54 bits per heavy atom. The Morgan fingerprint density at radius 2 is 1.83 bits per heavy atom. The van der Waals surface area contributed by atoms with Crippen molar-refractivity contribution in [1.29, 1.82) is 0 Å². The van der Waals surface area contributed by atoms with Crippen molar-refractivity contribution in [3.8, 4) is 17.0 Å². The summed E-state index contributed by atoms with van der Waals surface area (Å²) in [5, 5.41) is 10.4. The Balaban J connectivity index is 2.24. The van der Waals surface area contributed by atoms with E-state index in [1.807, 2.05) is 25.1 Å². The molecule has 0 spiro atoms. The van der Waals surface area contributed by atoms with Crippen molar-refractivity contribution in [2.75, 3.05) is 0 Å². The van der Waals surface area contributed by atoms with Gasteiger partial charge in [-0.2, -0.15) is 0 Å².